The molecule has 1 saturated heterocycles. The van der Waals surface area contributed by atoms with Gasteiger partial charge in [0.15, 0.2) is 0 Å². The fourth-order valence-electron chi connectivity index (χ4n) is 1.76. The number of carbonyl (C=O) groups excluding carboxylic acids is 2. The molecule has 0 bridgehead atoms. The van der Waals surface area contributed by atoms with E-state index in [1.54, 1.807) is 0 Å². The molecular weight excluding hydrogens is 168 g/mol. The van der Waals surface area contributed by atoms with E-state index in [1.165, 1.54) is 0 Å². The first-order valence-corrected chi connectivity index (χ1v) is 4.63. The molecule has 0 aromatic carbocycles. The van der Waals surface area contributed by atoms with Gasteiger partial charge in [0.05, 0.1) is 5.41 Å². The van der Waals surface area contributed by atoms with Crippen molar-refractivity contribution in [3.63, 3.8) is 0 Å². The first-order valence-electron chi connectivity index (χ1n) is 4.63. The average Bonchev–Trinajstić information content (AvgIpc) is 2.11. The molecule has 1 unspecified atom stereocenters. The summed E-state index contributed by atoms with van der Waals surface area (Å²) in [5.41, 5.74) is -0.372. The van der Waals surface area contributed by atoms with Crippen LogP contribution in [0.15, 0.2) is 0 Å². The van der Waals surface area contributed by atoms with E-state index in [1.807, 2.05) is 14.0 Å². The third kappa shape index (κ3) is 1.88. The molecule has 1 heterocycles. The summed E-state index contributed by atoms with van der Waals surface area (Å²) in [6.45, 7) is 2.62. The van der Waals surface area contributed by atoms with Gasteiger partial charge in [0.2, 0.25) is 11.8 Å². The minimum Gasteiger partial charge on any atom is -0.319 e. The Labute approximate surface area is 78.1 Å². The highest BCUT2D eigenvalue weighted by Crippen LogP contribution is 2.30. The number of carbonyl (C=O) groups is 2. The molecule has 0 saturated carbocycles. The van der Waals surface area contributed by atoms with Crippen LogP contribution in [0.5, 0.6) is 0 Å². The first kappa shape index (κ1) is 10.2. The van der Waals surface area contributed by atoms with Crippen molar-refractivity contribution in [3.8, 4) is 0 Å². The highest BCUT2D eigenvalue weighted by molar-refractivity contribution is 6.00. The van der Waals surface area contributed by atoms with Crippen molar-refractivity contribution in [3.05, 3.63) is 0 Å². The molecule has 1 fully saturated rings. The van der Waals surface area contributed by atoms with Crippen LogP contribution in [-0.4, -0.2) is 25.4 Å². The summed E-state index contributed by atoms with van der Waals surface area (Å²) in [6.07, 6.45) is 1.89. The van der Waals surface area contributed by atoms with E-state index in [-0.39, 0.29) is 17.2 Å². The Morgan fingerprint density at radius 1 is 1.54 bits per heavy atom. The zero-order valence-corrected chi connectivity index (χ0v) is 8.14. The number of nitrogens with one attached hydrogen (secondary N) is 2. The maximum Gasteiger partial charge on any atom is 0.234 e. The van der Waals surface area contributed by atoms with Crippen molar-refractivity contribution >= 4 is 11.8 Å². The van der Waals surface area contributed by atoms with E-state index in [9.17, 15) is 9.59 Å². The maximum absolute atomic E-state index is 11.6. The summed E-state index contributed by atoms with van der Waals surface area (Å²) in [5.74, 6) is -0.272. The molecule has 74 valence electrons. The Balaban J connectivity index is 2.74. The smallest absolute Gasteiger partial charge is 0.234 e. The zero-order chi connectivity index (χ0) is 9.90. The molecule has 0 aliphatic carbocycles. The summed E-state index contributed by atoms with van der Waals surface area (Å²) in [4.78, 5) is 22.5. The number of amides is 2. The van der Waals surface area contributed by atoms with Crippen molar-refractivity contribution < 1.29 is 9.59 Å². The highest BCUT2D eigenvalue weighted by Gasteiger charge is 2.40. The van der Waals surface area contributed by atoms with Crippen LogP contribution in [0, 0.1) is 5.41 Å². The normalized spacial score (nSPS) is 28.8. The average molecular weight is 184 g/mol. The number of piperidine rings is 1. The predicted molar refractivity (Wildman–Crippen MR) is 49.0 cm³/mol. The Kier molecular flexibility index (Phi) is 3.03. The van der Waals surface area contributed by atoms with Gasteiger partial charge in [0, 0.05) is 13.0 Å². The van der Waals surface area contributed by atoms with Crippen molar-refractivity contribution in [1.29, 1.82) is 0 Å². The molecule has 0 spiro atoms. The quantitative estimate of drug-likeness (QED) is 0.609. The van der Waals surface area contributed by atoms with Gasteiger partial charge < -0.3 is 5.32 Å². The monoisotopic (exact) mass is 184 g/mol. The molecule has 1 aliphatic heterocycles. The molecule has 4 nitrogen and oxygen atoms in total. The van der Waals surface area contributed by atoms with Crippen LogP contribution in [0.1, 0.15) is 26.2 Å². The van der Waals surface area contributed by atoms with E-state index in [0.29, 0.717) is 19.4 Å². The predicted octanol–water partition coefficient (Wildman–Crippen LogP) is 0.0388. The zero-order valence-electron chi connectivity index (χ0n) is 8.14. The van der Waals surface area contributed by atoms with Gasteiger partial charge in [0.1, 0.15) is 0 Å². The van der Waals surface area contributed by atoms with Crippen LogP contribution in [0.2, 0.25) is 0 Å². The molecule has 1 rings (SSSR count). The van der Waals surface area contributed by atoms with Crippen molar-refractivity contribution in [2.24, 2.45) is 5.41 Å². The summed E-state index contributed by atoms with van der Waals surface area (Å²) in [5, 5.41) is 5.39. The summed E-state index contributed by atoms with van der Waals surface area (Å²) in [7, 11) is 1.82. The Hall–Kier alpha value is -0.900. The molecule has 2 amide bonds. The third-order valence-electron chi connectivity index (χ3n) is 2.76. The molecule has 4 heteroatoms. The molecule has 1 aliphatic rings. The van der Waals surface area contributed by atoms with E-state index < -0.39 is 0 Å². The second-order valence-corrected chi connectivity index (χ2v) is 3.54. The van der Waals surface area contributed by atoms with Crippen molar-refractivity contribution in [2.45, 2.75) is 26.2 Å². The van der Waals surface area contributed by atoms with E-state index in [0.717, 1.165) is 6.42 Å². The van der Waals surface area contributed by atoms with Crippen LogP contribution < -0.4 is 10.6 Å². The van der Waals surface area contributed by atoms with Gasteiger partial charge in [-0.25, -0.2) is 0 Å². The van der Waals surface area contributed by atoms with Gasteiger partial charge in [-0.05, 0) is 19.9 Å². The maximum atomic E-state index is 11.6. The third-order valence-corrected chi connectivity index (χ3v) is 2.76. The second-order valence-electron chi connectivity index (χ2n) is 3.54. The minimum atomic E-state index is -0.372. The van der Waals surface area contributed by atoms with E-state index in [4.69, 9.17) is 0 Å². The first-order chi connectivity index (χ1) is 6.14. The van der Waals surface area contributed by atoms with Crippen molar-refractivity contribution in [2.75, 3.05) is 13.6 Å². The molecule has 0 aromatic heterocycles. The van der Waals surface area contributed by atoms with Gasteiger partial charge in [-0.2, -0.15) is 0 Å². The van der Waals surface area contributed by atoms with Crippen molar-refractivity contribution in [1.82, 2.24) is 10.6 Å². The van der Waals surface area contributed by atoms with Crippen LogP contribution in [0.3, 0.4) is 0 Å². The summed E-state index contributed by atoms with van der Waals surface area (Å²) >= 11 is 0. The largest absolute Gasteiger partial charge is 0.319 e. The highest BCUT2D eigenvalue weighted by atomic mass is 16.2. The second kappa shape index (κ2) is 3.87. The number of imide groups is 1. The topological polar surface area (TPSA) is 58.2 Å². The lowest BCUT2D eigenvalue weighted by Crippen LogP contribution is -2.52. The lowest BCUT2D eigenvalue weighted by Gasteiger charge is -2.34. The molecule has 1 atom stereocenters. The SMILES string of the molecule is CCC1(CNC)CCC(=O)NC1=O. The molecule has 13 heavy (non-hydrogen) atoms. The molecule has 0 aromatic rings. The van der Waals surface area contributed by atoms with E-state index in [2.05, 4.69) is 10.6 Å². The van der Waals surface area contributed by atoms with Gasteiger partial charge in [-0.3, -0.25) is 14.9 Å². The number of rotatable bonds is 3. The van der Waals surface area contributed by atoms with Gasteiger partial charge in [0.25, 0.3) is 0 Å². The lowest BCUT2D eigenvalue weighted by atomic mass is 9.77. The Morgan fingerprint density at radius 3 is 2.69 bits per heavy atom. The van der Waals surface area contributed by atoms with Crippen LogP contribution in [0.25, 0.3) is 0 Å². The fourth-order valence-corrected chi connectivity index (χ4v) is 1.76. The minimum absolute atomic E-state index is 0.124. The summed E-state index contributed by atoms with van der Waals surface area (Å²) in [6, 6.07) is 0. The summed E-state index contributed by atoms with van der Waals surface area (Å²) < 4.78 is 0. The fraction of sp³-hybridized carbons (Fsp3) is 0.778. The van der Waals surface area contributed by atoms with Crippen LogP contribution in [-0.2, 0) is 9.59 Å². The van der Waals surface area contributed by atoms with Crippen LogP contribution >= 0.6 is 0 Å². The molecule has 2 N–H and O–H groups in total. The molecule has 0 radical (unpaired) electrons. The standard InChI is InChI=1S/C9H16N2O2/c1-3-9(6-10-2)5-4-7(12)11-8(9)13/h10H,3-6H2,1-2H3,(H,11,12,13). The Morgan fingerprint density at radius 2 is 2.23 bits per heavy atom. The number of hydrogen-bond donors (Lipinski definition) is 2. The molecular formula is C9H16N2O2. The van der Waals surface area contributed by atoms with Crippen LogP contribution in [0.4, 0.5) is 0 Å². The van der Waals surface area contributed by atoms with Gasteiger partial charge in [-0.15, -0.1) is 0 Å². The number of hydrogen-bond acceptors (Lipinski definition) is 3. The van der Waals surface area contributed by atoms with Gasteiger partial charge >= 0.3 is 0 Å². The Bertz CT molecular complexity index is 228. The van der Waals surface area contributed by atoms with Gasteiger partial charge in [-0.1, -0.05) is 6.92 Å². The lowest BCUT2D eigenvalue weighted by molar-refractivity contribution is -0.141. The van der Waals surface area contributed by atoms with E-state index >= 15 is 0 Å².